The van der Waals surface area contributed by atoms with E-state index in [1.807, 2.05) is 12.1 Å². The number of rotatable bonds is 5. The Morgan fingerprint density at radius 1 is 0.960 bits per heavy atom. The first-order chi connectivity index (χ1) is 12.2. The quantitative estimate of drug-likeness (QED) is 0.563. The van der Waals surface area contributed by atoms with E-state index in [1.54, 1.807) is 0 Å². The van der Waals surface area contributed by atoms with Gasteiger partial charge in [-0.3, -0.25) is 0 Å². The van der Waals surface area contributed by atoms with E-state index in [-0.39, 0.29) is 0 Å². The number of nitriles is 1. The predicted octanol–water partition coefficient (Wildman–Crippen LogP) is 7.07. The van der Waals surface area contributed by atoms with Crippen LogP contribution in [0.2, 0.25) is 0 Å². The molecule has 1 aromatic rings. The van der Waals surface area contributed by atoms with Crippen LogP contribution in [0, 0.1) is 35.0 Å². The maximum absolute atomic E-state index is 8.99. The summed E-state index contributed by atoms with van der Waals surface area (Å²) in [6, 6.07) is 10.6. The van der Waals surface area contributed by atoms with Crippen LogP contribution in [0.3, 0.4) is 0 Å². The molecule has 136 valence electrons. The molecule has 3 atom stereocenters. The lowest BCUT2D eigenvalue weighted by molar-refractivity contribution is 0.130. The van der Waals surface area contributed by atoms with Crippen molar-refractivity contribution in [3.63, 3.8) is 0 Å². The molecule has 0 saturated heterocycles. The Kier molecular flexibility index (Phi) is 6.57. The first-order valence-corrected chi connectivity index (χ1v) is 10.7. The molecule has 0 spiro atoms. The lowest BCUT2D eigenvalue weighted by Gasteiger charge is -2.41. The Morgan fingerprint density at radius 3 is 2.24 bits per heavy atom. The second-order valence-electron chi connectivity index (χ2n) is 8.81. The van der Waals surface area contributed by atoms with Crippen LogP contribution in [-0.2, 0) is 0 Å². The van der Waals surface area contributed by atoms with Gasteiger partial charge in [0.1, 0.15) is 0 Å². The van der Waals surface area contributed by atoms with Gasteiger partial charge in [-0.15, -0.1) is 0 Å². The van der Waals surface area contributed by atoms with Crippen molar-refractivity contribution >= 4 is 0 Å². The van der Waals surface area contributed by atoms with Gasteiger partial charge in [0.15, 0.2) is 0 Å². The number of unbranched alkanes of at least 4 members (excludes halogenated alkanes) is 1. The highest BCUT2D eigenvalue weighted by Gasteiger charge is 2.34. The lowest BCUT2D eigenvalue weighted by atomic mass is 9.65. The Hall–Kier alpha value is -1.29. The van der Waals surface area contributed by atoms with E-state index in [2.05, 4.69) is 32.0 Å². The van der Waals surface area contributed by atoms with Crippen LogP contribution in [-0.4, -0.2) is 0 Å². The third-order valence-electron chi connectivity index (χ3n) is 7.20. The average molecular weight is 338 g/mol. The summed E-state index contributed by atoms with van der Waals surface area (Å²) >= 11 is 0. The van der Waals surface area contributed by atoms with Crippen molar-refractivity contribution < 1.29 is 0 Å². The molecule has 1 unspecified atom stereocenters. The van der Waals surface area contributed by atoms with Gasteiger partial charge in [0.05, 0.1) is 11.6 Å². The van der Waals surface area contributed by atoms with Crippen molar-refractivity contribution in [1.82, 2.24) is 0 Å². The molecule has 25 heavy (non-hydrogen) atoms. The Bertz CT molecular complexity index is 559. The minimum atomic E-state index is 0.699. The summed E-state index contributed by atoms with van der Waals surface area (Å²) in [6.45, 7) is 4.78. The average Bonchev–Trinajstić information content (AvgIpc) is 2.67. The molecule has 0 radical (unpaired) electrons. The van der Waals surface area contributed by atoms with Crippen LogP contribution >= 0.6 is 0 Å². The molecular weight excluding hydrogens is 302 g/mol. The number of nitrogens with zero attached hydrogens (tertiary/aromatic N) is 1. The molecule has 1 nitrogen and oxygen atoms in total. The molecule has 0 bridgehead atoms. The standard InChI is InChI=1S/C24H35N/c1-3-4-5-19-6-10-21(11-7-19)23-14-15-24(18(2)16-23)22-12-8-20(17-25)9-13-22/h8-9,12-13,18-19,21,23-24H,3-7,10-11,14-16H2,1-2H3/t18-,19?,21?,23?,24-/m1/s1. The van der Waals surface area contributed by atoms with E-state index in [0.29, 0.717) is 5.92 Å². The van der Waals surface area contributed by atoms with Gasteiger partial charge in [-0.25, -0.2) is 0 Å². The maximum atomic E-state index is 8.99. The summed E-state index contributed by atoms with van der Waals surface area (Å²) in [4.78, 5) is 0. The van der Waals surface area contributed by atoms with Gasteiger partial charge in [0.2, 0.25) is 0 Å². The third-order valence-corrected chi connectivity index (χ3v) is 7.20. The molecule has 2 fully saturated rings. The summed E-state index contributed by atoms with van der Waals surface area (Å²) in [5, 5.41) is 8.99. The van der Waals surface area contributed by atoms with Crippen LogP contribution in [0.15, 0.2) is 24.3 Å². The smallest absolute Gasteiger partial charge is 0.0991 e. The van der Waals surface area contributed by atoms with Crippen LogP contribution in [0.25, 0.3) is 0 Å². The molecule has 1 aromatic carbocycles. The zero-order valence-electron chi connectivity index (χ0n) is 16.2. The topological polar surface area (TPSA) is 23.8 Å². The summed E-state index contributed by atoms with van der Waals surface area (Å²) in [6.07, 6.45) is 14.4. The zero-order valence-corrected chi connectivity index (χ0v) is 16.2. The molecule has 0 amide bonds. The van der Waals surface area contributed by atoms with Gasteiger partial charge in [-0.05, 0) is 79.4 Å². The number of benzene rings is 1. The van der Waals surface area contributed by atoms with E-state index in [1.165, 1.54) is 69.8 Å². The van der Waals surface area contributed by atoms with Crippen molar-refractivity contribution in [2.45, 2.75) is 84.0 Å². The summed E-state index contributed by atoms with van der Waals surface area (Å²) in [5.74, 6) is 4.48. The minimum absolute atomic E-state index is 0.699. The fraction of sp³-hybridized carbons (Fsp3) is 0.708. The van der Waals surface area contributed by atoms with E-state index in [9.17, 15) is 0 Å². The monoisotopic (exact) mass is 337 g/mol. The number of hydrogen-bond donors (Lipinski definition) is 0. The Labute approximate surface area is 154 Å². The van der Waals surface area contributed by atoms with Crippen molar-refractivity contribution in [3.8, 4) is 6.07 Å². The highest BCUT2D eigenvalue weighted by molar-refractivity contribution is 5.33. The highest BCUT2D eigenvalue weighted by atomic mass is 14.4. The fourth-order valence-electron chi connectivity index (χ4n) is 5.61. The first-order valence-electron chi connectivity index (χ1n) is 10.7. The van der Waals surface area contributed by atoms with Gasteiger partial charge in [-0.2, -0.15) is 5.26 Å². The molecule has 2 saturated carbocycles. The summed E-state index contributed by atoms with van der Waals surface area (Å²) < 4.78 is 0. The normalized spacial score (nSPS) is 32.9. The van der Waals surface area contributed by atoms with Crippen LogP contribution in [0.1, 0.15) is 95.1 Å². The zero-order chi connectivity index (χ0) is 17.6. The second-order valence-corrected chi connectivity index (χ2v) is 8.81. The molecule has 0 aliphatic heterocycles. The fourth-order valence-corrected chi connectivity index (χ4v) is 5.61. The third kappa shape index (κ3) is 4.66. The first kappa shape index (κ1) is 18.5. The molecule has 2 aliphatic carbocycles. The van der Waals surface area contributed by atoms with E-state index < -0.39 is 0 Å². The largest absolute Gasteiger partial charge is 0.192 e. The Morgan fingerprint density at radius 2 is 1.64 bits per heavy atom. The van der Waals surface area contributed by atoms with Crippen LogP contribution in [0.4, 0.5) is 0 Å². The van der Waals surface area contributed by atoms with Crippen molar-refractivity contribution in [1.29, 1.82) is 5.26 Å². The van der Waals surface area contributed by atoms with E-state index in [0.717, 1.165) is 29.2 Å². The molecule has 1 heteroatoms. The summed E-state index contributed by atoms with van der Waals surface area (Å²) in [5.41, 5.74) is 2.23. The molecule has 2 aliphatic rings. The van der Waals surface area contributed by atoms with Crippen LogP contribution < -0.4 is 0 Å². The van der Waals surface area contributed by atoms with Gasteiger partial charge in [-0.1, -0.05) is 58.1 Å². The van der Waals surface area contributed by atoms with Crippen molar-refractivity contribution in [2.24, 2.45) is 23.7 Å². The van der Waals surface area contributed by atoms with Gasteiger partial charge in [0.25, 0.3) is 0 Å². The molecule has 0 N–H and O–H groups in total. The Balaban J connectivity index is 1.51. The van der Waals surface area contributed by atoms with Gasteiger partial charge >= 0.3 is 0 Å². The maximum Gasteiger partial charge on any atom is 0.0991 e. The molecule has 0 aromatic heterocycles. The van der Waals surface area contributed by atoms with Crippen molar-refractivity contribution in [2.75, 3.05) is 0 Å². The highest BCUT2D eigenvalue weighted by Crippen LogP contribution is 2.46. The molecule has 0 heterocycles. The van der Waals surface area contributed by atoms with E-state index >= 15 is 0 Å². The van der Waals surface area contributed by atoms with Crippen LogP contribution in [0.5, 0.6) is 0 Å². The second kappa shape index (κ2) is 8.88. The predicted molar refractivity (Wildman–Crippen MR) is 105 cm³/mol. The van der Waals surface area contributed by atoms with E-state index in [4.69, 9.17) is 5.26 Å². The van der Waals surface area contributed by atoms with Gasteiger partial charge in [0, 0.05) is 0 Å². The van der Waals surface area contributed by atoms with Crippen molar-refractivity contribution in [3.05, 3.63) is 35.4 Å². The lowest BCUT2D eigenvalue weighted by Crippen LogP contribution is -2.29. The van der Waals surface area contributed by atoms with Gasteiger partial charge < -0.3 is 0 Å². The molecular formula is C24H35N. The SMILES string of the molecule is CCCCC1CCC(C2CC[C@@H](c3ccc(C#N)cc3)[C@H](C)C2)CC1. The molecule has 3 rings (SSSR count). The minimum Gasteiger partial charge on any atom is -0.192 e. The number of hydrogen-bond acceptors (Lipinski definition) is 1. The summed E-state index contributed by atoms with van der Waals surface area (Å²) in [7, 11) is 0.